The molecule has 1 heterocycles. The van der Waals surface area contributed by atoms with Crippen molar-refractivity contribution < 1.29 is 0 Å². The maximum Gasteiger partial charge on any atom is 0.0994 e. The van der Waals surface area contributed by atoms with Gasteiger partial charge in [0.2, 0.25) is 0 Å². The van der Waals surface area contributed by atoms with Gasteiger partial charge in [0.25, 0.3) is 0 Å². The monoisotopic (exact) mass is 341 g/mol. The lowest BCUT2D eigenvalue weighted by Gasteiger charge is -2.21. The zero-order valence-corrected chi connectivity index (χ0v) is 13.3. The lowest BCUT2D eigenvalue weighted by atomic mass is 9.93. The van der Waals surface area contributed by atoms with Gasteiger partial charge in [-0.05, 0) is 34.0 Å². The fourth-order valence-corrected chi connectivity index (χ4v) is 2.82. The van der Waals surface area contributed by atoms with Crippen LogP contribution in [0.2, 0.25) is 5.02 Å². The van der Waals surface area contributed by atoms with Crippen LogP contribution in [-0.4, -0.2) is 16.1 Å². The van der Waals surface area contributed by atoms with Crippen molar-refractivity contribution in [3.63, 3.8) is 0 Å². The van der Waals surface area contributed by atoms with E-state index in [1.165, 1.54) is 0 Å². The van der Waals surface area contributed by atoms with Gasteiger partial charge in [-0.3, -0.25) is 0 Å². The highest BCUT2D eigenvalue weighted by Crippen LogP contribution is 2.32. The van der Waals surface area contributed by atoms with Crippen LogP contribution in [0.1, 0.15) is 25.5 Å². The van der Waals surface area contributed by atoms with E-state index in [0.717, 1.165) is 15.9 Å². The highest BCUT2D eigenvalue weighted by atomic mass is 79.9. The van der Waals surface area contributed by atoms with E-state index in [0.29, 0.717) is 17.5 Å². The minimum Gasteiger partial charge on any atom is -0.330 e. The smallest absolute Gasteiger partial charge is 0.0994 e. The van der Waals surface area contributed by atoms with Crippen molar-refractivity contribution in [3.05, 3.63) is 45.9 Å². The van der Waals surface area contributed by atoms with Crippen molar-refractivity contribution in [2.45, 2.75) is 19.8 Å². The fourth-order valence-electron chi connectivity index (χ4n) is 2.19. The SMILES string of the molecule is CC(C)C(CN)c1cncn1-c1cccc(Cl)c1Br. The Kier molecular flexibility index (Phi) is 4.66. The van der Waals surface area contributed by atoms with Gasteiger partial charge < -0.3 is 10.3 Å². The molecule has 1 unspecified atom stereocenters. The van der Waals surface area contributed by atoms with Crippen molar-refractivity contribution in [2.24, 2.45) is 11.7 Å². The molecule has 19 heavy (non-hydrogen) atoms. The zero-order chi connectivity index (χ0) is 14.0. The van der Waals surface area contributed by atoms with Gasteiger partial charge in [-0.1, -0.05) is 31.5 Å². The highest BCUT2D eigenvalue weighted by Gasteiger charge is 2.20. The number of rotatable bonds is 4. The summed E-state index contributed by atoms with van der Waals surface area (Å²) < 4.78 is 2.92. The molecule has 3 nitrogen and oxygen atoms in total. The summed E-state index contributed by atoms with van der Waals surface area (Å²) in [6.45, 7) is 4.94. The molecule has 0 aliphatic carbocycles. The summed E-state index contributed by atoms with van der Waals surface area (Å²) in [5, 5.41) is 0.686. The lowest BCUT2D eigenvalue weighted by molar-refractivity contribution is 0.489. The minimum absolute atomic E-state index is 0.272. The first-order valence-corrected chi connectivity index (χ1v) is 7.40. The number of nitrogens with zero attached hydrogens (tertiary/aromatic N) is 2. The van der Waals surface area contributed by atoms with Crippen molar-refractivity contribution in [1.29, 1.82) is 0 Å². The molecule has 0 saturated carbocycles. The van der Waals surface area contributed by atoms with Crippen LogP contribution in [0.25, 0.3) is 5.69 Å². The molecule has 0 fully saturated rings. The number of nitrogens with two attached hydrogens (primary N) is 1. The van der Waals surface area contributed by atoms with Crippen LogP contribution in [0.5, 0.6) is 0 Å². The molecule has 2 N–H and O–H groups in total. The molecule has 0 aliphatic rings. The van der Waals surface area contributed by atoms with Gasteiger partial charge in [0.1, 0.15) is 0 Å². The predicted molar refractivity (Wildman–Crippen MR) is 82.9 cm³/mol. The predicted octanol–water partition coefficient (Wildman–Crippen LogP) is 3.99. The van der Waals surface area contributed by atoms with E-state index < -0.39 is 0 Å². The molecular formula is C14H17BrClN3. The molecule has 2 aromatic rings. The Labute approximate surface area is 126 Å². The van der Waals surface area contributed by atoms with E-state index in [-0.39, 0.29) is 5.92 Å². The van der Waals surface area contributed by atoms with Gasteiger partial charge >= 0.3 is 0 Å². The Balaban J connectivity index is 2.53. The topological polar surface area (TPSA) is 43.8 Å². The first kappa shape index (κ1) is 14.6. The van der Waals surface area contributed by atoms with Crippen LogP contribution in [0.3, 0.4) is 0 Å². The van der Waals surface area contributed by atoms with Crippen LogP contribution in [-0.2, 0) is 0 Å². The standard InChI is InChI=1S/C14H17BrClN3/c1-9(2)10(6-17)13-7-18-8-19(13)12-5-3-4-11(16)14(12)15/h3-5,7-10H,6,17H2,1-2H3. The Morgan fingerprint density at radius 2 is 2.16 bits per heavy atom. The Morgan fingerprint density at radius 3 is 2.79 bits per heavy atom. The first-order chi connectivity index (χ1) is 9.06. The molecule has 102 valence electrons. The quantitative estimate of drug-likeness (QED) is 0.913. The second kappa shape index (κ2) is 6.07. The van der Waals surface area contributed by atoms with E-state index in [2.05, 4.69) is 34.8 Å². The van der Waals surface area contributed by atoms with Crippen molar-refractivity contribution in [2.75, 3.05) is 6.54 Å². The summed E-state index contributed by atoms with van der Waals surface area (Å²) in [4.78, 5) is 4.26. The van der Waals surface area contributed by atoms with Gasteiger partial charge in [-0.15, -0.1) is 0 Å². The van der Waals surface area contributed by atoms with Gasteiger partial charge in [-0.25, -0.2) is 4.98 Å². The van der Waals surface area contributed by atoms with Gasteiger partial charge in [-0.2, -0.15) is 0 Å². The fraction of sp³-hybridized carbons (Fsp3) is 0.357. The number of hydrogen-bond donors (Lipinski definition) is 1. The highest BCUT2D eigenvalue weighted by molar-refractivity contribution is 9.10. The number of hydrogen-bond acceptors (Lipinski definition) is 2. The van der Waals surface area contributed by atoms with Crippen molar-refractivity contribution in [1.82, 2.24) is 9.55 Å². The van der Waals surface area contributed by atoms with E-state index in [9.17, 15) is 0 Å². The second-order valence-corrected chi connectivity index (χ2v) is 6.05. The number of imidazole rings is 1. The third kappa shape index (κ3) is 2.86. The van der Waals surface area contributed by atoms with Gasteiger partial charge in [0, 0.05) is 24.4 Å². The molecule has 0 bridgehead atoms. The van der Waals surface area contributed by atoms with Crippen molar-refractivity contribution in [3.8, 4) is 5.69 Å². The molecule has 1 aromatic heterocycles. The molecule has 0 aliphatic heterocycles. The maximum atomic E-state index is 6.15. The van der Waals surface area contributed by atoms with Crippen LogP contribution < -0.4 is 5.73 Å². The van der Waals surface area contributed by atoms with E-state index in [4.69, 9.17) is 17.3 Å². The summed E-state index contributed by atoms with van der Waals surface area (Å²) >= 11 is 9.69. The molecule has 1 atom stereocenters. The molecule has 0 saturated heterocycles. The van der Waals surface area contributed by atoms with Gasteiger partial charge in [0.15, 0.2) is 0 Å². The normalized spacial score (nSPS) is 12.9. The van der Waals surface area contributed by atoms with E-state index >= 15 is 0 Å². The third-order valence-electron chi connectivity index (χ3n) is 3.30. The lowest BCUT2D eigenvalue weighted by Crippen LogP contribution is -2.20. The molecule has 1 aromatic carbocycles. The molecule has 0 amide bonds. The molecule has 2 rings (SSSR count). The Morgan fingerprint density at radius 1 is 1.42 bits per heavy atom. The second-order valence-electron chi connectivity index (χ2n) is 4.85. The van der Waals surface area contributed by atoms with Crippen LogP contribution in [0.15, 0.2) is 35.2 Å². The Bertz CT molecular complexity index is 566. The number of halogens is 2. The molecule has 0 spiro atoms. The largest absolute Gasteiger partial charge is 0.330 e. The van der Waals surface area contributed by atoms with Crippen LogP contribution in [0.4, 0.5) is 0 Å². The average molecular weight is 343 g/mol. The molecule has 5 heteroatoms. The van der Waals surface area contributed by atoms with Crippen molar-refractivity contribution >= 4 is 27.5 Å². The summed E-state index contributed by atoms with van der Waals surface area (Å²) in [6, 6.07) is 5.79. The van der Waals surface area contributed by atoms with Crippen LogP contribution in [0, 0.1) is 5.92 Å². The summed E-state index contributed by atoms with van der Waals surface area (Å²) in [5.41, 5.74) is 8.00. The summed E-state index contributed by atoms with van der Waals surface area (Å²) in [7, 11) is 0. The summed E-state index contributed by atoms with van der Waals surface area (Å²) in [6.07, 6.45) is 3.68. The van der Waals surface area contributed by atoms with E-state index in [1.54, 1.807) is 6.33 Å². The summed E-state index contributed by atoms with van der Waals surface area (Å²) in [5.74, 6) is 0.729. The number of benzene rings is 1. The van der Waals surface area contributed by atoms with E-state index in [1.807, 2.05) is 29.0 Å². The molecule has 0 radical (unpaired) electrons. The maximum absolute atomic E-state index is 6.15. The zero-order valence-electron chi connectivity index (χ0n) is 11.0. The average Bonchev–Trinajstić information content (AvgIpc) is 2.82. The van der Waals surface area contributed by atoms with Gasteiger partial charge in [0.05, 0.1) is 21.5 Å². The van der Waals surface area contributed by atoms with Crippen LogP contribution >= 0.6 is 27.5 Å². The Hall–Kier alpha value is -0.840. The first-order valence-electron chi connectivity index (χ1n) is 6.23. The number of aromatic nitrogens is 2. The molecular weight excluding hydrogens is 326 g/mol. The minimum atomic E-state index is 0.272. The third-order valence-corrected chi connectivity index (χ3v) is 4.67.